The highest BCUT2D eigenvalue weighted by Crippen LogP contribution is 2.28. The van der Waals surface area contributed by atoms with E-state index in [1.54, 1.807) is 18.2 Å². The fraction of sp³-hybridized carbons (Fsp3) is 0.625. The van der Waals surface area contributed by atoms with Crippen LogP contribution in [0.4, 0.5) is 0 Å². The number of benzene rings is 1. The van der Waals surface area contributed by atoms with Gasteiger partial charge in [0, 0.05) is 29.4 Å². The largest absolute Gasteiger partial charge is 0.310 e. The average Bonchev–Trinajstić information content (AvgIpc) is 2.45. The Labute approximate surface area is 133 Å². The minimum absolute atomic E-state index is 0.332. The molecule has 0 bridgehead atoms. The van der Waals surface area contributed by atoms with Crippen molar-refractivity contribution >= 4 is 21.4 Å². The number of halogens is 1. The maximum atomic E-state index is 11.9. The second-order valence-electron chi connectivity index (χ2n) is 6.06. The van der Waals surface area contributed by atoms with E-state index in [2.05, 4.69) is 12.2 Å². The van der Waals surface area contributed by atoms with Crippen molar-refractivity contribution in [2.24, 2.45) is 5.92 Å². The molecule has 1 aliphatic rings. The minimum Gasteiger partial charge on any atom is -0.310 e. The highest BCUT2D eigenvalue weighted by atomic mass is 35.5. The first-order valence-corrected chi connectivity index (χ1v) is 9.87. The van der Waals surface area contributed by atoms with Crippen molar-refractivity contribution in [3.63, 3.8) is 0 Å². The Hall–Kier alpha value is -0.580. The smallest absolute Gasteiger partial charge is 0.175 e. The predicted octanol–water partition coefficient (Wildman–Crippen LogP) is 3.80. The molecule has 1 aromatic rings. The molecule has 0 aromatic heterocycles. The van der Waals surface area contributed by atoms with Gasteiger partial charge in [-0.15, -0.1) is 0 Å². The minimum atomic E-state index is -3.25. The number of sulfone groups is 1. The summed E-state index contributed by atoms with van der Waals surface area (Å²) in [6.45, 7) is 2.69. The molecule has 0 amide bonds. The molecule has 1 N–H and O–H groups in total. The molecule has 21 heavy (non-hydrogen) atoms. The molecular formula is C16H24ClNO2S. The van der Waals surface area contributed by atoms with Gasteiger partial charge in [0.2, 0.25) is 0 Å². The van der Waals surface area contributed by atoms with Crippen LogP contribution in [0.3, 0.4) is 0 Å². The van der Waals surface area contributed by atoms with E-state index in [1.165, 1.54) is 38.4 Å². The third kappa shape index (κ3) is 4.44. The SMILES string of the molecule is C[C@H](NCc1c(Cl)cccc1S(C)(=O)=O)C1CCCCC1. The van der Waals surface area contributed by atoms with Gasteiger partial charge in [-0.2, -0.15) is 0 Å². The maximum Gasteiger partial charge on any atom is 0.175 e. The maximum absolute atomic E-state index is 11.9. The van der Waals surface area contributed by atoms with Gasteiger partial charge in [-0.3, -0.25) is 0 Å². The normalized spacial score (nSPS) is 18.6. The highest BCUT2D eigenvalue weighted by molar-refractivity contribution is 7.90. The third-order valence-corrected chi connectivity index (χ3v) is 5.97. The lowest BCUT2D eigenvalue weighted by molar-refractivity contribution is 0.280. The summed E-state index contributed by atoms with van der Waals surface area (Å²) in [6, 6.07) is 5.45. The standard InChI is InChI=1S/C16H24ClNO2S/c1-12(13-7-4-3-5-8-13)18-11-14-15(17)9-6-10-16(14)21(2,19)20/h6,9-10,12-13,18H,3-5,7-8,11H2,1-2H3/t12-/m0/s1. The molecule has 118 valence electrons. The first-order chi connectivity index (χ1) is 9.89. The topological polar surface area (TPSA) is 46.2 Å². The molecule has 1 saturated carbocycles. The van der Waals surface area contributed by atoms with Crippen LogP contribution in [-0.4, -0.2) is 20.7 Å². The fourth-order valence-electron chi connectivity index (χ4n) is 3.12. The van der Waals surface area contributed by atoms with Crippen molar-refractivity contribution in [3.8, 4) is 0 Å². The summed E-state index contributed by atoms with van der Waals surface area (Å²) in [6.07, 6.45) is 7.69. The lowest BCUT2D eigenvalue weighted by atomic mass is 9.84. The summed E-state index contributed by atoms with van der Waals surface area (Å²) < 4.78 is 23.7. The number of hydrogen-bond donors (Lipinski definition) is 1. The molecule has 2 rings (SSSR count). The molecule has 0 spiro atoms. The lowest BCUT2D eigenvalue weighted by Gasteiger charge is -2.28. The van der Waals surface area contributed by atoms with Crippen LogP contribution in [0.15, 0.2) is 23.1 Å². The fourth-order valence-corrected chi connectivity index (χ4v) is 4.37. The van der Waals surface area contributed by atoms with Crippen LogP contribution in [0.2, 0.25) is 5.02 Å². The molecule has 0 saturated heterocycles. The Kier molecular flexibility index (Phi) is 5.69. The van der Waals surface area contributed by atoms with Gasteiger partial charge in [-0.1, -0.05) is 36.9 Å². The quantitative estimate of drug-likeness (QED) is 0.893. The second kappa shape index (κ2) is 7.12. The Bertz CT molecular complexity index is 580. The van der Waals surface area contributed by atoms with Crippen molar-refractivity contribution in [2.45, 2.75) is 56.5 Å². The van der Waals surface area contributed by atoms with Crippen LogP contribution in [0.25, 0.3) is 0 Å². The summed E-state index contributed by atoms with van der Waals surface area (Å²) in [5.41, 5.74) is 0.685. The number of hydrogen-bond acceptors (Lipinski definition) is 3. The van der Waals surface area contributed by atoms with Gasteiger partial charge < -0.3 is 5.32 Å². The Morgan fingerprint density at radius 2 is 1.95 bits per heavy atom. The Balaban J connectivity index is 2.09. The zero-order valence-corrected chi connectivity index (χ0v) is 14.3. The van der Waals surface area contributed by atoms with Gasteiger partial charge in [0.25, 0.3) is 0 Å². The summed E-state index contributed by atoms with van der Waals surface area (Å²) in [4.78, 5) is 0.332. The van der Waals surface area contributed by atoms with Crippen molar-refractivity contribution in [1.82, 2.24) is 5.32 Å². The molecule has 1 aromatic carbocycles. The van der Waals surface area contributed by atoms with Crippen molar-refractivity contribution in [3.05, 3.63) is 28.8 Å². The van der Waals surface area contributed by atoms with Gasteiger partial charge in [-0.05, 0) is 37.8 Å². The van der Waals surface area contributed by atoms with Crippen LogP contribution >= 0.6 is 11.6 Å². The number of nitrogens with one attached hydrogen (secondary N) is 1. The first kappa shape index (κ1) is 16.8. The van der Waals surface area contributed by atoms with E-state index < -0.39 is 9.84 Å². The molecule has 3 nitrogen and oxygen atoms in total. The van der Waals surface area contributed by atoms with E-state index in [0.717, 1.165) is 0 Å². The molecule has 0 aliphatic heterocycles. The Morgan fingerprint density at radius 1 is 1.29 bits per heavy atom. The van der Waals surface area contributed by atoms with Crippen LogP contribution in [0.1, 0.15) is 44.6 Å². The summed E-state index contributed by atoms with van der Waals surface area (Å²) >= 11 is 6.20. The zero-order chi connectivity index (χ0) is 15.5. The van der Waals surface area contributed by atoms with Crippen molar-refractivity contribution in [2.75, 3.05) is 6.26 Å². The van der Waals surface area contributed by atoms with E-state index in [4.69, 9.17) is 11.6 Å². The van der Waals surface area contributed by atoms with E-state index in [1.807, 2.05) is 0 Å². The van der Waals surface area contributed by atoms with Gasteiger partial charge in [0.15, 0.2) is 9.84 Å². The molecule has 0 unspecified atom stereocenters. The Morgan fingerprint density at radius 3 is 2.57 bits per heavy atom. The van der Waals surface area contributed by atoms with Gasteiger partial charge in [-0.25, -0.2) is 8.42 Å². The van der Waals surface area contributed by atoms with E-state index in [-0.39, 0.29) is 0 Å². The molecular weight excluding hydrogens is 306 g/mol. The second-order valence-corrected chi connectivity index (χ2v) is 8.45. The summed E-state index contributed by atoms with van der Waals surface area (Å²) in [5, 5.41) is 3.99. The molecule has 5 heteroatoms. The first-order valence-electron chi connectivity index (χ1n) is 7.60. The molecule has 0 heterocycles. The highest BCUT2D eigenvalue weighted by Gasteiger charge is 2.21. The monoisotopic (exact) mass is 329 g/mol. The van der Waals surface area contributed by atoms with E-state index in [0.29, 0.717) is 34.0 Å². The van der Waals surface area contributed by atoms with Crippen molar-refractivity contribution in [1.29, 1.82) is 0 Å². The molecule has 0 radical (unpaired) electrons. The summed E-state index contributed by atoms with van der Waals surface area (Å²) in [5.74, 6) is 0.683. The van der Waals surface area contributed by atoms with Crippen molar-refractivity contribution < 1.29 is 8.42 Å². The van der Waals surface area contributed by atoms with Crippen LogP contribution < -0.4 is 5.32 Å². The van der Waals surface area contributed by atoms with Gasteiger partial charge in [0.05, 0.1) is 4.90 Å². The van der Waals surface area contributed by atoms with E-state index >= 15 is 0 Å². The van der Waals surface area contributed by atoms with Gasteiger partial charge in [0.1, 0.15) is 0 Å². The average molecular weight is 330 g/mol. The van der Waals surface area contributed by atoms with E-state index in [9.17, 15) is 8.42 Å². The van der Waals surface area contributed by atoms with Crippen LogP contribution in [0.5, 0.6) is 0 Å². The molecule has 1 atom stereocenters. The predicted molar refractivity (Wildman–Crippen MR) is 87.4 cm³/mol. The third-order valence-electron chi connectivity index (χ3n) is 4.43. The molecule has 1 fully saturated rings. The van der Waals surface area contributed by atoms with Crippen LogP contribution in [-0.2, 0) is 16.4 Å². The lowest BCUT2D eigenvalue weighted by Crippen LogP contribution is -2.34. The van der Waals surface area contributed by atoms with Crippen LogP contribution in [0, 0.1) is 5.92 Å². The van der Waals surface area contributed by atoms with Gasteiger partial charge >= 0.3 is 0 Å². The zero-order valence-electron chi connectivity index (χ0n) is 12.7. The summed E-state index contributed by atoms with van der Waals surface area (Å²) in [7, 11) is -3.25. The molecule has 1 aliphatic carbocycles. The number of rotatable bonds is 5.